The maximum Gasteiger partial charge on any atom is 0.222 e. The zero-order valence-electron chi connectivity index (χ0n) is 11.7. The first-order chi connectivity index (χ1) is 9.01. The molecule has 2 heterocycles. The lowest BCUT2D eigenvalue weighted by Gasteiger charge is -2.16. The predicted octanol–water partition coefficient (Wildman–Crippen LogP) is 2.87. The summed E-state index contributed by atoms with van der Waals surface area (Å²) in [5.74, 6) is 1.11. The van der Waals surface area contributed by atoms with Crippen LogP contribution in [0.1, 0.15) is 41.8 Å². The molecule has 0 fully saturated rings. The van der Waals surface area contributed by atoms with Crippen LogP contribution in [0.4, 0.5) is 11.8 Å². The Bertz CT molecular complexity index is 578. The zero-order chi connectivity index (χ0) is 14.0. The van der Waals surface area contributed by atoms with Crippen molar-refractivity contribution in [3.8, 4) is 0 Å². The van der Waals surface area contributed by atoms with Gasteiger partial charge in [-0.25, -0.2) is 9.97 Å². The summed E-state index contributed by atoms with van der Waals surface area (Å²) in [6.45, 7) is 8.15. The lowest BCUT2D eigenvalue weighted by atomic mass is 10.1. The maximum atomic E-state index is 5.75. The van der Waals surface area contributed by atoms with E-state index in [1.807, 2.05) is 13.8 Å². The predicted molar refractivity (Wildman–Crippen MR) is 79.4 cm³/mol. The van der Waals surface area contributed by atoms with Gasteiger partial charge in [-0.05, 0) is 27.2 Å². The molecule has 0 aliphatic rings. The first kappa shape index (κ1) is 13.7. The number of aryl methyl sites for hydroxylation is 2. The van der Waals surface area contributed by atoms with Crippen molar-refractivity contribution in [1.82, 2.24) is 15.0 Å². The van der Waals surface area contributed by atoms with Crippen molar-refractivity contribution in [3.63, 3.8) is 0 Å². The normalized spacial score (nSPS) is 12.4. The number of hydrogen-bond acceptors (Lipinski definition) is 6. The Balaban J connectivity index is 2.25. The summed E-state index contributed by atoms with van der Waals surface area (Å²) in [6.07, 6.45) is 0.845. The van der Waals surface area contributed by atoms with Crippen LogP contribution in [0.2, 0.25) is 0 Å². The number of nitrogens with two attached hydrogens (primary N) is 1. The lowest BCUT2D eigenvalue weighted by Crippen LogP contribution is -2.13. The molecule has 102 valence electrons. The maximum absolute atomic E-state index is 5.75. The van der Waals surface area contributed by atoms with Crippen molar-refractivity contribution in [2.24, 2.45) is 0 Å². The molecule has 0 radical (unpaired) electrons. The second kappa shape index (κ2) is 5.52. The standard InChI is InChI=1S/C13H19N5S/c1-5-10-7(2)12(18-13(14)17-10)15-8(3)11-6-19-9(4)16-11/h6,8H,5H2,1-4H3,(H3,14,15,17,18)/t8-/m1/s1. The van der Waals surface area contributed by atoms with E-state index in [-0.39, 0.29) is 6.04 Å². The van der Waals surface area contributed by atoms with E-state index in [4.69, 9.17) is 5.73 Å². The van der Waals surface area contributed by atoms with Crippen LogP contribution in [0.5, 0.6) is 0 Å². The summed E-state index contributed by atoms with van der Waals surface area (Å²) in [6, 6.07) is 0.0997. The Hall–Kier alpha value is -1.69. The molecule has 2 aromatic rings. The summed E-state index contributed by atoms with van der Waals surface area (Å²) in [4.78, 5) is 13.0. The number of aromatic nitrogens is 3. The quantitative estimate of drug-likeness (QED) is 0.898. The summed E-state index contributed by atoms with van der Waals surface area (Å²) in [5, 5.41) is 6.50. The third-order valence-electron chi connectivity index (χ3n) is 3.03. The van der Waals surface area contributed by atoms with Gasteiger partial charge in [-0.3, -0.25) is 0 Å². The minimum atomic E-state index is 0.0997. The number of rotatable bonds is 4. The van der Waals surface area contributed by atoms with Gasteiger partial charge in [-0.1, -0.05) is 6.92 Å². The first-order valence-electron chi connectivity index (χ1n) is 6.32. The van der Waals surface area contributed by atoms with E-state index in [1.165, 1.54) is 0 Å². The van der Waals surface area contributed by atoms with Crippen molar-refractivity contribution in [2.45, 2.75) is 40.2 Å². The molecule has 0 amide bonds. The summed E-state index contributed by atoms with van der Waals surface area (Å²) >= 11 is 1.65. The van der Waals surface area contributed by atoms with Gasteiger partial charge in [-0.2, -0.15) is 4.98 Å². The molecule has 1 atom stereocenters. The van der Waals surface area contributed by atoms with Gasteiger partial charge in [0.25, 0.3) is 0 Å². The van der Waals surface area contributed by atoms with Crippen molar-refractivity contribution in [3.05, 3.63) is 27.3 Å². The summed E-state index contributed by atoms with van der Waals surface area (Å²) in [7, 11) is 0. The average molecular weight is 277 g/mol. The number of nitrogens with zero attached hydrogens (tertiary/aromatic N) is 3. The fourth-order valence-electron chi connectivity index (χ4n) is 1.93. The van der Waals surface area contributed by atoms with E-state index in [9.17, 15) is 0 Å². The molecule has 0 bridgehead atoms. The number of hydrogen-bond donors (Lipinski definition) is 2. The minimum absolute atomic E-state index is 0.0997. The Morgan fingerprint density at radius 3 is 2.63 bits per heavy atom. The highest BCUT2D eigenvalue weighted by Crippen LogP contribution is 2.23. The fraction of sp³-hybridized carbons (Fsp3) is 0.462. The van der Waals surface area contributed by atoms with Crippen LogP contribution >= 0.6 is 11.3 Å². The molecule has 2 aromatic heterocycles. The minimum Gasteiger partial charge on any atom is -0.368 e. The third kappa shape index (κ3) is 3.01. The Kier molecular flexibility index (Phi) is 3.99. The second-order valence-electron chi connectivity index (χ2n) is 4.51. The molecule has 5 nitrogen and oxygen atoms in total. The molecule has 19 heavy (non-hydrogen) atoms. The fourth-order valence-corrected chi connectivity index (χ4v) is 2.63. The van der Waals surface area contributed by atoms with Gasteiger partial charge in [0.05, 0.1) is 22.4 Å². The topological polar surface area (TPSA) is 76.7 Å². The second-order valence-corrected chi connectivity index (χ2v) is 5.58. The Morgan fingerprint density at radius 2 is 2.05 bits per heavy atom. The van der Waals surface area contributed by atoms with E-state index in [0.717, 1.165) is 34.2 Å². The molecule has 0 aliphatic heterocycles. The van der Waals surface area contributed by atoms with Gasteiger partial charge in [0, 0.05) is 10.9 Å². The number of anilines is 2. The van der Waals surface area contributed by atoms with Crippen molar-refractivity contribution in [2.75, 3.05) is 11.1 Å². The lowest BCUT2D eigenvalue weighted by molar-refractivity contribution is 0.830. The monoisotopic (exact) mass is 277 g/mol. The molecular formula is C13H19N5S. The van der Waals surface area contributed by atoms with E-state index < -0.39 is 0 Å². The molecule has 0 spiro atoms. The third-order valence-corrected chi connectivity index (χ3v) is 3.82. The zero-order valence-corrected chi connectivity index (χ0v) is 12.5. The van der Waals surface area contributed by atoms with Crippen LogP contribution < -0.4 is 11.1 Å². The molecule has 0 aliphatic carbocycles. The van der Waals surface area contributed by atoms with Crippen LogP contribution in [0.15, 0.2) is 5.38 Å². The molecule has 0 aromatic carbocycles. The van der Waals surface area contributed by atoms with E-state index in [1.54, 1.807) is 11.3 Å². The van der Waals surface area contributed by atoms with E-state index in [0.29, 0.717) is 5.95 Å². The van der Waals surface area contributed by atoms with Crippen LogP contribution in [0, 0.1) is 13.8 Å². The molecule has 0 saturated carbocycles. The van der Waals surface area contributed by atoms with Crippen LogP contribution in [-0.2, 0) is 6.42 Å². The highest BCUT2D eigenvalue weighted by molar-refractivity contribution is 7.09. The van der Waals surface area contributed by atoms with Crippen molar-refractivity contribution < 1.29 is 0 Å². The van der Waals surface area contributed by atoms with Gasteiger partial charge < -0.3 is 11.1 Å². The number of nitrogens with one attached hydrogen (secondary N) is 1. The largest absolute Gasteiger partial charge is 0.368 e. The van der Waals surface area contributed by atoms with Crippen LogP contribution in [0.3, 0.4) is 0 Å². The van der Waals surface area contributed by atoms with E-state index >= 15 is 0 Å². The van der Waals surface area contributed by atoms with E-state index in [2.05, 4.69) is 39.5 Å². The Labute approximate surface area is 117 Å². The highest BCUT2D eigenvalue weighted by Gasteiger charge is 2.13. The Morgan fingerprint density at radius 1 is 1.32 bits per heavy atom. The number of thiazole rings is 1. The molecule has 6 heteroatoms. The SMILES string of the molecule is CCc1nc(N)nc(N[C@H](C)c2csc(C)n2)c1C. The molecule has 0 unspecified atom stereocenters. The van der Waals surface area contributed by atoms with Crippen molar-refractivity contribution in [1.29, 1.82) is 0 Å². The first-order valence-corrected chi connectivity index (χ1v) is 7.20. The number of nitrogen functional groups attached to an aromatic ring is 1. The molecular weight excluding hydrogens is 258 g/mol. The van der Waals surface area contributed by atoms with Gasteiger partial charge in [0.2, 0.25) is 5.95 Å². The van der Waals surface area contributed by atoms with Gasteiger partial charge >= 0.3 is 0 Å². The highest BCUT2D eigenvalue weighted by atomic mass is 32.1. The molecule has 2 rings (SSSR count). The van der Waals surface area contributed by atoms with Crippen LogP contribution in [-0.4, -0.2) is 15.0 Å². The smallest absolute Gasteiger partial charge is 0.222 e. The summed E-state index contributed by atoms with van der Waals surface area (Å²) < 4.78 is 0. The molecule has 3 N–H and O–H groups in total. The summed E-state index contributed by atoms with van der Waals surface area (Å²) in [5.41, 5.74) is 8.81. The van der Waals surface area contributed by atoms with Gasteiger partial charge in [0.15, 0.2) is 0 Å². The van der Waals surface area contributed by atoms with Gasteiger partial charge in [-0.15, -0.1) is 11.3 Å². The average Bonchev–Trinajstić information content (AvgIpc) is 2.80. The van der Waals surface area contributed by atoms with Crippen LogP contribution in [0.25, 0.3) is 0 Å². The van der Waals surface area contributed by atoms with Gasteiger partial charge in [0.1, 0.15) is 5.82 Å². The molecule has 0 saturated heterocycles. The van der Waals surface area contributed by atoms with Crippen molar-refractivity contribution >= 4 is 23.1 Å².